The molecule has 6 heteroatoms. The van der Waals surface area contributed by atoms with Crippen molar-refractivity contribution in [2.75, 3.05) is 5.32 Å². The van der Waals surface area contributed by atoms with E-state index in [2.05, 4.69) is 10.3 Å². The Labute approximate surface area is 132 Å². The van der Waals surface area contributed by atoms with Gasteiger partial charge < -0.3 is 15.4 Å². The lowest BCUT2D eigenvalue weighted by molar-refractivity contribution is 0.101. The average Bonchev–Trinajstić information content (AvgIpc) is 2.92. The number of aromatic nitrogens is 2. The summed E-state index contributed by atoms with van der Waals surface area (Å²) >= 11 is 0. The van der Waals surface area contributed by atoms with Crippen LogP contribution in [0.5, 0.6) is 5.75 Å². The smallest absolute Gasteiger partial charge is 0.326 e. The van der Waals surface area contributed by atoms with E-state index in [4.69, 9.17) is 0 Å². The van der Waals surface area contributed by atoms with Gasteiger partial charge in [0, 0.05) is 11.9 Å². The van der Waals surface area contributed by atoms with Crippen LogP contribution in [0.1, 0.15) is 16.1 Å². The molecule has 23 heavy (non-hydrogen) atoms. The summed E-state index contributed by atoms with van der Waals surface area (Å²) in [5.41, 5.74) is 1.36. The highest BCUT2D eigenvalue weighted by molar-refractivity contribution is 6.03. The molecule has 1 aromatic heterocycles. The maximum absolute atomic E-state index is 12.4. The van der Waals surface area contributed by atoms with Gasteiger partial charge in [-0.05, 0) is 29.8 Å². The number of aromatic hydroxyl groups is 1. The second-order valence-corrected chi connectivity index (χ2v) is 5.05. The molecule has 0 saturated carbocycles. The maximum atomic E-state index is 12.4. The normalized spacial score (nSPS) is 10.4. The van der Waals surface area contributed by atoms with Crippen molar-refractivity contribution in [3.8, 4) is 5.75 Å². The molecule has 116 valence electrons. The highest BCUT2D eigenvalue weighted by Gasteiger charge is 2.14. The van der Waals surface area contributed by atoms with Crippen LogP contribution in [0, 0.1) is 0 Å². The van der Waals surface area contributed by atoms with Crippen molar-refractivity contribution < 1.29 is 9.90 Å². The molecule has 0 aliphatic rings. The number of amides is 1. The summed E-state index contributed by atoms with van der Waals surface area (Å²) in [7, 11) is 0. The summed E-state index contributed by atoms with van der Waals surface area (Å²) in [5.74, 6) is -0.282. The average molecular weight is 309 g/mol. The standard InChI is InChI=1S/C17H15N3O3/c21-14-8-6-13(7-9-14)19-16(22)15-10-18-17(23)20(15)11-12-4-2-1-3-5-12/h1-10,21H,11H2,(H,18,23)(H,19,22). The van der Waals surface area contributed by atoms with E-state index < -0.39 is 5.91 Å². The summed E-state index contributed by atoms with van der Waals surface area (Å²) in [6.07, 6.45) is 1.39. The Morgan fingerprint density at radius 3 is 2.48 bits per heavy atom. The van der Waals surface area contributed by atoms with Crippen molar-refractivity contribution >= 4 is 11.6 Å². The van der Waals surface area contributed by atoms with E-state index in [9.17, 15) is 14.7 Å². The summed E-state index contributed by atoms with van der Waals surface area (Å²) < 4.78 is 1.38. The highest BCUT2D eigenvalue weighted by Crippen LogP contribution is 2.14. The molecule has 6 nitrogen and oxygen atoms in total. The quantitative estimate of drug-likeness (QED) is 0.646. The van der Waals surface area contributed by atoms with Crippen molar-refractivity contribution in [1.29, 1.82) is 0 Å². The number of rotatable bonds is 4. The molecule has 3 aromatic rings. The fourth-order valence-corrected chi connectivity index (χ4v) is 2.25. The number of hydrogen-bond acceptors (Lipinski definition) is 3. The first-order valence-electron chi connectivity index (χ1n) is 7.06. The summed E-state index contributed by atoms with van der Waals surface area (Å²) in [5, 5.41) is 12.0. The lowest BCUT2D eigenvalue weighted by Gasteiger charge is -2.08. The summed E-state index contributed by atoms with van der Waals surface area (Å²) in [6.45, 7) is 0.307. The SMILES string of the molecule is O=C(Nc1ccc(O)cc1)c1c[nH]c(=O)n1Cc1ccccc1. The molecule has 0 saturated heterocycles. The number of nitrogens with one attached hydrogen (secondary N) is 2. The molecule has 3 rings (SSSR count). The van der Waals surface area contributed by atoms with Crippen LogP contribution < -0.4 is 11.0 Å². The molecule has 0 radical (unpaired) electrons. The number of aromatic amines is 1. The zero-order chi connectivity index (χ0) is 16.2. The van der Waals surface area contributed by atoms with Crippen LogP contribution >= 0.6 is 0 Å². The van der Waals surface area contributed by atoms with E-state index >= 15 is 0 Å². The molecular formula is C17H15N3O3. The number of carbonyl (C=O) groups excluding carboxylic acids is 1. The minimum atomic E-state index is -0.398. The zero-order valence-electron chi connectivity index (χ0n) is 12.2. The minimum Gasteiger partial charge on any atom is -0.508 e. The number of hydrogen-bond donors (Lipinski definition) is 3. The van der Waals surface area contributed by atoms with Gasteiger partial charge in [-0.1, -0.05) is 30.3 Å². The molecule has 2 aromatic carbocycles. The third-order valence-corrected chi connectivity index (χ3v) is 3.41. The van der Waals surface area contributed by atoms with Crippen LogP contribution in [0.2, 0.25) is 0 Å². The minimum absolute atomic E-state index is 0.116. The van der Waals surface area contributed by atoms with Gasteiger partial charge in [-0.25, -0.2) is 4.79 Å². The van der Waals surface area contributed by atoms with Gasteiger partial charge in [-0.2, -0.15) is 0 Å². The largest absolute Gasteiger partial charge is 0.508 e. The van der Waals surface area contributed by atoms with Crippen molar-refractivity contribution in [3.63, 3.8) is 0 Å². The van der Waals surface area contributed by atoms with Gasteiger partial charge in [0.2, 0.25) is 0 Å². The topological polar surface area (TPSA) is 87.1 Å². The van der Waals surface area contributed by atoms with E-state index in [-0.39, 0.29) is 17.1 Å². The Hall–Kier alpha value is -3.28. The first-order chi connectivity index (χ1) is 11.1. The van der Waals surface area contributed by atoms with E-state index in [1.54, 1.807) is 12.1 Å². The fraction of sp³-hybridized carbons (Fsp3) is 0.0588. The number of imidazole rings is 1. The lowest BCUT2D eigenvalue weighted by atomic mass is 10.2. The van der Waals surface area contributed by atoms with E-state index in [0.717, 1.165) is 5.56 Å². The van der Waals surface area contributed by atoms with Crippen LogP contribution in [0.4, 0.5) is 5.69 Å². The van der Waals surface area contributed by atoms with Gasteiger partial charge in [-0.15, -0.1) is 0 Å². The van der Waals surface area contributed by atoms with Crippen molar-refractivity contribution in [3.05, 3.63) is 82.5 Å². The Bertz CT molecular complexity index is 864. The number of H-pyrrole nitrogens is 1. The highest BCUT2D eigenvalue weighted by atomic mass is 16.3. The van der Waals surface area contributed by atoms with Gasteiger partial charge in [0.1, 0.15) is 11.4 Å². The van der Waals surface area contributed by atoms with Gasteiger partial charge >= 0.3 is 5.69 Å². The first kappa shape index (κ1) is 14.6. The van der Waals surface area contributed by atoms with Crippen LogP contribution in [-0.2, 0) is 6.54 Å². The number of phenols is 1. The van der Waals surface area contributed by atoms with E-state index in [0.29, 0.717) is 12.2 Å². The second-order valence-electron chi connectivity index (χ2n) is 5.05. The molecule has 0 bridgehead atoms. The van der Waals surface area contributed by atoms with Crippen molar-refractivity contribution in [1.82, 2.24) is 9.55 Å². The molecule has 3 N–H and O–H groups in total. The van der Waals surface area contributed by atoms with E-state index in [1.807, 2.05) is 30.3 Å². The molecule has 0 atom stereocenters. The third-order valence-electron chi connectivity index (χ3n) is 3.41. The molecular weight excluding hydrogens is 294 g/mol. The molecule has 1 amide bonds. The third kappa shape index (κ3) is 3.32. The van der Waals surface area contributed by atoms with Gasteiger partial charge in [-0.3, -0.25) is 9.36 Å². The number of anilines is 1. The van der Waals surface area contributed by atoms with Crippen LogP contribution in [0.15, 0.2) is 65.6 Å². The molecule has 0 unspecified atom stereocenters. The van der Waals surface area contributed by atoms with Crippen molar-refractivity contribution in [2.45, 2.75) is 6.54 Å². The molecule has 0 spiro atoms. The summed E-state index contributed by atoms with van der Waals surface area (Å²) in [4.78, 5) is 26.9. The second kappa shape index (κ2) is 6.23. The molecule has 0 aliphatic heterocycles. The molecule has 1 heterocycles. The van der Waals surface area contributed by atoms with Crippen LogP contribution in [-0.4, -0.2) is 20.6 Å². The first-order valence-corrected chi connectivity index (χ1v) is 7.06. The fourth-order valence-electron chi connectivity index (χ4n) is 2.25. The van der Waals surface area contributed by atoms with Crippen LogP contribution in [0.3, 0.4) is 0 Å². The predicted molar refractivity (Wildman–Crippen MR) is 86.7 cm³/mol. The predicted octanol–water partition coefficient (Wildman–Crippen LogP) is 2.18. The number of benzene rings is 2. The number of nitrogens with zero attached hydrogens (tertiary/aromatic N) is 1. The van der Waals surface area contributed by atoms with Crippen molar-refractivity contribution in [2.24, 2.45) is 0 Å². The maximum Gasteiger partial charge on any atom is 0.326 e. The Kier molecular flexibility index (Phi) is 3.97. The number of carbonyl (C=O) groups is 1. The Morgan fingerprint density at radius 2 is 1.78 bits per heavy atom. The number of phenolic OH excluding ortho intramolecular Hbond substituents is 1. The van der Waals surface area contributed by atoms with Crippen LogP contribution in [0.25, 0.3) is 0 Å². The summed E-state index contributed by atoms with van der Waals surface area (Å²) in [6, 6.07) is 15.5. The van der Waals surface area contributed by atoms with Gasteiger partial charge in [0.25, 0.3) is 5.91 Å². The van der Waals surface area contributed by atoms with E-state index in [1.165, 1.54) is 22.9 Å². The van der Waals surface area contributed by atoms with Gasteiger partial charge in [0.05, 0.1) is 6.54 Å². The monoisotopic (exact) mass is 309 g/mol. The Balaban J connectivity index is 1.84. The Morgan fingerprint density at radius 1 is 1.09 bits per heavy atom. The molecule has 0 fully saturated rings. The zero-order valence-corrected chi connectivity index (χ0v) is 12.2. The molecule has 0 aliphatic carbocycles. The lowest BCUT2D eigenvalue weighted by Crippen LogP contribution is -2.24. The van der Waals surface area contributed by atoms with Gasteiger partial charge in [0.15, 0.2) is 0 Å².